The molecule has 0 radical (unpaired) electrons. The van der Waals surface area contributed by atoms with Crippen molar-refractivity contribution in [1.82, 2.24) is 5.32 Å². The molecule has 2 atom stereocenters. The number of hydrogen-bond acceptors (Lipinski definition) is 2. The summed E-state index contributed by atoms with van der Waals surface area (Å²) in [6, 6.07) is 0. The van der Waals surface area contributed by atoms with Gasteiger partial charge in [0.25, 0.3) is 0 Å². The quantitative estimate of drug-likeness (QED) is 0.750. The highest BCUT2D eigenvalue weighted by Crippen LogP contribution is 2.50. The molecule has 0 aromatic carbocycles. The minimum atomic E-state index is 0.421. The summed E-state index contributed by atoms with van der Waals surface area (Å²) < 4.78 is 6.11. The van der Waals surface area contributed by atoms with Crippen molar-refractivity contribution in [3.05, 3.63) is 0 Å². The van der Waals surface area contributed by atoms with Crippen LogP contribution in [0.25, 0.3) is 0 Å². The normalized spacial score (nSPS) is 32.7. The molecule has 1 aliphatic carbocycles. The number of hydrogen-bond donors (Lipinski definition) is 1. The van der Waals surface area contributed by atoms with Crippen molar-refractivity contribution < 1.29 is 4.74 Å². The van der Waals surface area contributed by atoms with Crippen molar-refractivity contribution >= 4 is 0 Å². The van der Waals surface area contributed by atoms with Crippen molar-refractivity contribution in [1.29, 1.82) is 0 Å². The van der Waals surface area contributed by atoms with E-state index >= 15 is 0 Å². The van der Waals surface area contributed by atoms with Gasteiger partial charge in [0.15, 0.2) is 0 Å². The number of ether oxygens (including phenoxy) is 1. The summed E-state index contributed by atoms with van der Waals surface area (Å²) in [6.45, 7) is 12.6. The van der Waals surface area contributed by atoms with Crippen LogP contribution < -0.4 is 5.32 Å². The summed E-state index contributed by atoms with van der Waals surface area (Å²) in [7, 11) is 0. The molecule has 18 heavy (non-hydrogen) atoms. The van der Waals surface area contributed by atoms with E-state index in [-0.39, 0.29) is 0 Å². The van der Waals surface area contributed by atoms with Crippen molar-refractivity contribution in [2.24, 2.45) is 23.2 Å². The minimum Gasteiger partial charge on any atom is -0.377 e. The van der Waals surface area contributed by atoms with Gasteiger partial charge in [0.05, 0.1) is 6.10 Å². The van der Waals surface area contributed by atoms with Crippen LogP contribution in [0, 0.1) is 23.2 Å². The lowest BCUT2D eigenvalue weighted by molar-refractivity contribution is 0.0205. The minimum absolute atomic E-state index is 0.421. The highest BCUT2D eigenvalue weighted by atomic mass is 16.5. The SMILES string of the molecule is CC(C)CNCC1(CC(C)C)CCOC1C1CC1. The Morgan fingerprint density at radius 2 is 1.89 bits per heavy atom. The lowest BCUT2D eigenvalue weighted by atomic mass is 9.73. The Hall–Kier alpha value is -0.0800. The zero-order valence-electron chi connectivity index (χ0n) is 12.7. The van der Waals surface area contributed by atoms with E-state index in [1.54, 1.807) is 0 Å². The number of nitrogens with one attached hydrogen (secondary N) is 1. The third kappa shape index (κ3) is 3.48. The Morgan fingerprint density at radius 1 is 1.17 bits per heavy atom. The van der Waals surface area contributed by atoms with E-state index in [0.717, 1.165) is 37.5 Å². The second-order valence-corrected chi connectivity index (χ2v) is 7.36. The van der Waals surface area contributed by atoms with E-state index in [9.17, 15) is 0 Å². The van der Waals surface area contributed by atoms with Crippen LogP contribution in [0.3, 0.4) is 0 Å². The van der Waals surface area contributed by atoms with Crippen LogP contribution in [-0.2, 0) is 4.74 Å². The van der Waals surface area contributed by atoms with Crippen molar-refractivity contribution in [2.75, 3.05) is 19.7 Å². The van der Waals surface area contributed by atoms with Gasteiger partial charge in [-0.05, 0) is 50.0 Å². The Bertz CT molecular complexity index is 260. The zero-order chi connectivity index (χ0) is 13.2. The molecule has 1 saturated carbocycles. The van der Waals surface area contributed by atoms with E-state index < -0.39 is 0 Å². The monoisotopic (exact) mass is 253 g/mol. The van der Waals surface area contributed by atoms with Gasteiger partial charge >= 0.3 is 0 Å². The fourth-order valence-corrected chi connectivity index (χ4v) is 3.65. The van der Waals surface area contributed by atoms with Crippen molar-refractivity contribution in [3.8, 4) is 0 Å². The van der Waals surface area contributed by atoms with Gasteiger partial charge in [0, 0.05) is 18.6 Å². The topological polar surface area (TPSA) is 21.3 Å². The Kier molecular flexibility index (Phi) is 4.71. The maximum Gasteiger partial charge on any atom is 0.0672 e. The third-order valence-corrected chi connectivity index (χ3v) is 4.40. The Labute approximate surface area is 113 Å². The molecule has 2 fully saturated rings. The molecule has 2 nitrogen and oxygen atoms in total. The average Bonchev–Trinajstić information content (AvgIpc) is 3.01. The average molecular weight is 253 g/mol. The van der Waals surface area contributed by atoms with E-state index in [1.165, 1.54) is 25.7 Å². The molecule has 1 heterocycles. The lowest BCUT2D eigenvalue weighted by Gasteiger charge is -2.36. The fourth-order valence-electron chi connectivity index (χ4n) is 3.65. The Balaban J connectivity index is 1.97. The summed E-state index contributed by atoms with van der Waals surface area (Å²) in [6.07, 6.45) is 5.92. The van der Waals surface area contributed by atoms with E-state index in [2.05, 4.69) is 33.0 Å². The smallest absolute Gasteiger partial charge is 0.0672 e. The van der Waals surface area contributed by atoms with E-state index in [0.29, 0.717) is 11.5 Å². The predicted molar refractivity (Wildman–Crippen MR) is 76.7 cm³/mol. The third-order valence-electron chi connectivity index (χ3n) is 4.40. The summed E-state index contributed by atoms with van der Waals surface area (Å²) >= 11 is 0. The van der Waals surface area contributed by atoms with Gasteiger partial charge < -0.3 is 10.1 Å². The maximum atomic E-state index is 6.11. The van der Waals surface area contributed by atoms with Gasteiger partial charge in [-0.2, -0.15) is 0 Å². The molecule has 0 amide bonds. The molecular weight excluding hydrogens is 222 g/mol. The van der Waals surface area contributed by atoms with E-state index in [1.807, 2.05) is 0 Å². The van der Waals surface area contributed by atoms with Crippen LogP contribution in [0.2, 0.25) is 0 Å². The first-order valence-corrected chi connectivity index (χ1v) is 7.86. The standard InChI is InChI=1S/C16H31NO/c1-12(2)9-16(11-17-10-13(3)4)7-8-18-15(16)14-5-6-14/h12-15,17H,5-11H2,1-4H3. The molecule has 106 valence electrons. The molecule has 0 spiro atoms. The van der Waals surface area contributed by atoms with Gasteiger partial charge in [-0.25, -0.2) is 0 Å². The van der Waals surface area contributed by atoms with Crippen LogP contribution in [0.15, 0.2) is 0 Å². The molecular formula is C16H31NO. The van der Waals surface area contributed by atoms with Gasteiger partial charge in [0.1, 0.15) is 0 Å². The van der Waals surface area contributed by atoms with E-state index in [4.69, 9.17) is 4.74 Å². The fraction of sp³-hybridized carbons (Fsp3) is 1.00. The largest absolute Gasteiger partial charge is 0.377 e. The molecule has 1 saturated heterocycles. The molecule has 1 aliphatic heterocycles. The number of rotatable bonds is 7. The van der Waals surface area contributed by atoms with Crippen LogP contribution >= 0.6 is 0 Å². The Morgan fingerprint density at radius 3 is 2.44 bits per heavy atom. The van der Waals surface area contributed by atoms with Gasteiger partial charge in [0.2, 0.25) is 0 Å². The first-order valence-electron chi connectivity index (χ1n) is 7.86. The van der Waals surface area contributed by atoms with Crippen LogP contribution in [0.1, 0.15) is 53.4 Å². The maximum absolute atomic E-state index is 6.11. The van der Waals surface area contributed by atoms with Crippen LogP contribution in [0.5, 0.6) is 0 Å². The summed E-state index contributed by atoms with van der Waals surface area (Å²) in [5.74, 6) is 2.38. The van der Waals surface area contributed by atoms with Crippen molar-refractivity contribution in [2.45, 2.75) is 59.5 Å². The first kappa shape index (κ1) is 14.3. The predicted octanol–water partition coefficient (Wildman–Crippen LogP) is 3.46. The van der Waals surface area contributed by atoms with Gasteiger partial charge in [-0.3, -0.25) is 0 Å². The summed E-state index contributed by atoms with van der Waals surface area (Å²) in [5, 5.41) is 3.71. The van der Waals surface area contributed by atoms with Crippen LogP contribution in [-0.4, -0.2) is 25.8 Å². The molecule has 2 rings (SSSR count). The molecule has 0 aromatic rings. The van der Waals surface area contributed by atoms with Gasteiger partial charge in [-0.15, -0.1) is 0 Å². The molecule has 1 N–H and O–H groups in total. The summed E-state index contributed by atoms with van der Waals surface area (Å²) in [5.41, 5.74) is 0.421. The molecule has 0 aromatic heterocycles. The second kappa shape index (κ2) is 5.92. The van der Waals surface area contributed by atoms with Crippen LogP contribution in [0.4, 0.5) is 0 Å². The molecule has 2 aliphatic rings. The second-order valence-electron chi connectivity index (χ2n) is 7.36. The lowest BCUT2D eigenvalue weighted by Crippen LogP contribution is -2.43. The first-order chi connectivity index (χ1) is 8.53. The molecule has 0 bridgehead atoms. The molecule has 2 heteroatoms. The highest BCUT2D eigenvalue weighted by molar-refractivity contribution is 5.00. The highest BCUT2D eigenvalue weighted by Gasteiger charge is 2.50. The van der Waals surface area contributed by atoms with Gasteiger partial charge in [-0.1, -0.05) is 27.7 Å². The van der Waals surface area contributed by atoms with Crippen molar-refractivity contribution in [3.63, 3.8) is 0 Å². The summed E-state index contributed by atoms with van der Waals surface area (Å²) in [4.78, 5) is 0. The molecule has 2 unspecified atom stereocenters. The zero-order valence-corrected chi connectivity index (χ0v) is 12.7.